The lowest BCUT2D eigenvalue weighted by molar-refractivity contribution is -0.141. The van der Waals surface area contributed by atoms with E-state index >= 15 is 0 Å². The average Bonchev–Trinajstić information content (AvgIpc) is 3.13. The van der Waals surface area contributed by atoms with Gasteiger partial charge in [0, 0.05) is 22.5 Å². The quantitative estimate of drug-likeness (QED) is 0.382. The number of rotatable bonds is 8. The van der Waals surface area contributed by atoms with Crippen LogP contribution in [0.1, 0.15) is 43.2 Å². The van der Waals surface area contributed by atoms with E-state index in [0.29, 0.717) is 30.0 Å². The van der Waals surface area contributed by atoms with Crippen molar-refractivity contribution in [3.63, 3.8) is 0 Å². The van der Waals surface area contributed by atoms with Gasteiger partial charge in [0.1, 0.15) is 13.2 Å². The first-order chi connectivity index (χ1) is 17.2. The smallest absolute Gasteiger partial charge is 0.325 e. The van der Waals surface area contributed by atoms with Crippen LogP contribution in [0.2, 0.25) is 0 Å². The molecule has 4 rings (SSSR count). The summed E-state index contributed by atoms with van der Waals surface area (Å²) in [6.45, 7) is 7.76. The maximum atomic E-state index is 12.8. The van der Waals surface area contributed by atoms with Crippen molar-refractivity contribution in [2.24, 2.45) is 0 Å². The predicted octanol–water partition coefficient (Wildman–Crippen LogP) is 3.72. The van der Waals surface area contributed by atoms with E-state index < -0.39 is 12.6 Å². The van der Waals surface area contributed by atoms with Crippen molar-refractivity contribution in [3.05, 3.63) is 82.2 Å². The summed E-state index contributed by atoms with van der Waals surface area (Å²) in [4.78, 5) is 37.3. The van der Waals surface area contributed by atoms with E-state index in [1.54, 1.807) is 18.2 Å². The molecule has 1 atom stereocenters. The first-order valence-corrected chi connectivity index (χ1v) is 11.8. The van der Waals surface area contributed by atoms with Gasteiger partial charge in [-0.15, -0.1) is 0 Å². The van der Waals surface area contributed by atoms with Crippen molar-refractivity contribution in [2.45, 2.75) is 40.3 Å². The molecule has 1 aliphatic heterocycles. The zero-order chi connectivity index (χ0) is 25.8. The van der Waals surface area contributed by atoms with Crippen molar-refractivity contribution < 1.29 is 28.6 Å². The lowest BCUT2D eigenvalue weighted by Gasteiger charge is -2.27. The summed E-state index contributed by atoms with van der Waals surface area (Å²) < 4.78 is 19.0. The number of para-hydroxylation sites is 2. The Morgan fingerprint density at radius 3 is 2.42 bits per heavy atom. The SMILES string of the molecule is Cc1cc(C)cc(C(=O)NCC(=O)OCC(=O)c2cc(C)n(CC3COc4ccccc4O3)c2C)c1. The van der Waals surface area contributed by atoms with E-state index in [1.807, 2.05) is 62.6 Å². The summed E-state index contributed by atoms with van der Waals surface area (Å²) >= 11 is 0. The van der Waals surface area contributed by atoms with E-state index in [0.717, 1.165) is 28.3 Å². The molecule has 8 heteroatoms. The number of nitrogens with zero attached hydrogens (tertiary/aromatic N) is 1. The Kier molecular flexibility index (Phi) is 7.43. The second-order valence-corrected chi connectivity index (χ2v) is 9.04. The molecule has 0 saturated heterocycles. The molecule has 1 amide bonds. The maximum absolute atomic E-state index is 12.8. The number of hydrogen-bond acceptors (Lipinski definition) is 6. The Bertz CT molecular complexity index is 1290. The first-order valence-electron chi connectivity index (χ1n) is 11.8. The molecule has 0 bridgehead atoms. The van der Waals surface area contributed by atoms with Gasteiger partial charge in [-0.3, -0.25) is 14.4 Å². The predicted molar refractivity (Wildman–Crippen MR) is 134 cm³/mol. The van der Waals surface area contributed by atoms with Gasteiger partial charge >= 0.3 is 5.97 Å². The monoisotopic (exact) mass is 490 g/mol. The van der Waals surface area contributed by atoms with Crippen LogP contribution in [-0.4, -0.2) is 48.1 Å². The van der Waals surface area contributed by atoms with Crippen LogP contribution < -0.4 is 14.8 Å². The standard InChI is InChI=1S/C28H30N2O6/c1-17-9-18(2)11-21(10-17)28(33)29-13-27(32)35-16-24(31)23-12-19(3)30(20(23)4)14-22-15-34-25-7-5-6-8-26(25)36-22/h5-12,22H,13-16H2,1-4H3,(H,29,33). The summed E-state index contributed by atoms with van der Waals surface area (Å²) in [6.07, 6.45) is -0.203. The number of esters is 1. The minimum atomic E-state index is -0.679. The largest absolute Gasteiger partial charge is 0.486 e. The molecule has 0 spiro atoms. The molecule has 0 aliphatic carbocycles. The second-order valence-electron chi connectivity index (χ2n) is 9.04. The highest BCUT2D eigenvalue weighted by Gasteiger charge is 2.24. The van der Waals surface area contributed by atoms with Crippen LogP contribution in [0.4, 0.5) is 0 Å². The lowest BCUT2D eigenvalue weighted by Crippen LogP contribution is -2.33. The number of ketones is 1. The Labute approximate surface area is 210 Å². The van der Waals surface area contributed by atoms with Crippen LogP contribution in [0, 0.1) is 27.7 Å². The Hall–Kier alpha value is -4.07. The number of hydrogen-bond donors (Lipinski definition) is 1. The molecule has 1 N–H and O–H groups in total. The van der Waals surface area contributed by atoms with Crippen molar-refractivity contribution in [1.82, 2.24) is 9.88 Å². The number of benzene rings is 2. The minimum absolute atomic E-state index is 0.203. The molecule has 188 valence electrons. The van der Waals surface area contributed by atoms with Crippen molar-refractivity contribution in [1.29, 1.82) is 0 Å². The number of aryl methyl sites for hydroxylation is 3. The fourth-order valence-corrected chi connectivity index (χ4v) is 4.36. The number of Topliss-reactive ketones (excluding diaryl/α,β-unsaturated/α-hetero) is 1. The van der Waals surface area contributed by atoms with Gasteiger partial charge in [-0.2, -0.15) is 0 Å². The van der Waals surface area contributed by atoms with Gasteiger partial charge in [0.05, 0.1) is 6.54 Å². The summed E-state index contributed by atoms with van der Waals surface area (Å²) in [6, 6.07) is 14.8. The van der Waals surface area contributed by atoms with Gasteiger partial charge in [0.25, 0.3) is 5.91 Å². The Balaban J connectivity index is 1.30. The maximum Gasteiger partial charge on any atom is 0.325 e. The zero-order valence-corrected chi connectivity index (χ0v) is 20.9. The molecule has 3 aromatic rings. The number of nitrogens with one attached hydrogen (secondary N) is 1. The Morgan fingerprint density at radius 2 is 1.69 bits per heavy atom. The molecule has 2 aromatic carbocycles. The fourth-order valence-electron chi connectivity index (χ4n) is 4.36. The second kappa shape index (κ2) is 10.7. The summed E-state index contributed by atoms with van der Waals surface area (Å²) in [5, 5.41) is 2.54. The molecule has 36 heavy (non-hydrogen) atoms. The average molecular weight is 491 g/mol. The molecule has 8 nitrogen and oxygen atoms in total. The van der Waals surface area contributed by atoms with E-state index in [1.165, 1.54) is 0 Å². The molecule has 1 aliphatic rings. The molecule has 0 radical (unpaired) electrons. The Morgan fingerprint density at radius 1 is 1.00 bits per heavy atom. The third-order valence-corrected chi connectivity index (χ3v) is 6.07. The first kappa shape index (κ1) is 25.0. The number of aromatic nitrogens is 1. The molecular formula is C28H30N2O6. The topological polar surface area (TPSA) is 95.9 Å². The van der Waals surface area contributed by atoms with Crippen LogP contribution >= 0.6 is 0 Å². The number of carbonyl (C=O) groups is 3. The lowest BCUT2D eigenvalue weighted by atomic mass is 10.1. The van der Waals surface area contributed by atoms with E-state index in [2.05, 4.69) is 5.32 Å². The molecule has 0 saturated carbocycles. The number of ether oxygens (including phenoxy) is 3. The number of fused-ring (bicyclic) bond motifs is 1. The molecule has 2 heterocycles. The zero-order valence-electron chi connectivity index (χ0n) is 20.9. The summed E-state index contributed by atoms with van der Waals surface area (Å²) in [5.74, 6) is 0.0579. The van der Waals surface area contributed by atoms with Gasteiger partial charge in [0.15, 0.2) is 24.2 Å². The molecule has 1 aromatic heterocycles. The highest BCUT2D eigenvalue weighted by Crippen LogP contribution is 2.31. The van der Waals surface area contributed by atoms with Crippen LogP contribution in [0.3, 0.4) is 0 Å². The van der Waals surface area contributed by atoms with E-state index in [9.17, 15) is 14.4 Å². The highest BCUT2D eigenvalue weighted by molar-refractivity contribution is 6.00. The van der Waals surface area contributed by atoms with E-state index in [4.69, 9.17) is 14.2 Å². The van der Waals surface area contributed by atoms with Gasteiger partial charge in [-0.1, -0.05) is 29.3 Å². The van der Waals surface area contributed by atoms with Crippen molar-refractivity contribution in [2.75, 3.05) is 19.8 Å². The van der Waals surface area contributed by atoms with Crippen molar-refractivity contribution in [3.8, 4) is 11.5 Å². The normalized spacial score (nSPS) is 14.3. The summed E-state index contributed by atoms with van der Waals surface area (Å²) in [7, 11) is 0. The highest BCUT2D eigenvalue weighted by atomic mass is 16.6. The van der Waals surface area contributed by atoms with Gasteiger partial charge in [-0.25, -0.2) is 0 Å². The van der Waals surface area contributed by atoms with Gasteiger partial charge in [0.2, 0.25) is 5.78 Å². The fraction of sp³-hybridized carbons (Fsp3) is 0.321. The molecule has 1 unspecified atom stereocenters. The third kappa shape index (κ3) is 5.76. The summed E-state index contributed by atoms with van der Waals surface area (Å²) in [5.41, 5.74) is 4.53. The third-order valence-electron chi connectivity index (χ3n) is 6.07. The molecule has 0 fully saturated rings. The van der Waals surface area contributed by atoms with Crippen LogP contribution in [0.15, 0.2) is 48.5 Å². The van der Waals surface area contributed by atoms with Crippen LogP contribution in [0.25, 0.3) is 0 Å². The number of carbonyl (C=O) groups excluding carboxylic acids is 3. The van der Waals surface area contributed by atoms with Crippen LogP contribution in [-0.2, 0) is 16.1 Å². The van der Waals surface area contributed by atoms with Gasteiger partial charge < -0.3 is 24.1 Å². The van der Waals surface area contributed by atoms with Crippen LogP contribution in [0.5, 0.6) is 11.5 Å². The molecular weight excluding hydrogens is 460 g/mol. The number of amides is 1. The van der Waals surface area contributed by atoms with Crippen molar-refractivity contribution >= 4 is 17.7 Å². The van der Waals surface area contributed by atoms with Gasteiger partial charge in [-0.05, 0) is 58.0 Å². The van der Waals surface area contributed by atoms with E-state index in [-0.39, 0.29) is 24.3 Å². The minimum Gasteiger partial charge on any atom is -0.486 e.